The minimum absolute atomic E-state index is 0.182. The third-order valence-corrected chi connectivity index (χ3v) is 5.53. The molecule has 28 heavy (non-hydrogen) atoms. The Labute approximate surface area is 172 Å². The van der Waals surface area contributed by atoms with Crippen LogP contribution < -0.4 is 10.6 Å². The van der Waals surface area contributed by atoms with E-state index < -0.39 is 11.8 Å². The third-order valence-electron chi connectivity index (χ3n) is 4.32. The van der Waals surface area contributed by atoms with E-state index in [1.807, 2.05) is 49.0 Å². The Bertz CT molecular complexity index is 998. The van der Waals surface area contributed by atoms with Crippen LogP contribution in [0.5, 0.6) is 0 Å². The van der Waals surface area contributed by atoms with Gasteiger partial charge in [0.2, 0.25) is 0 Å². The number of nitrogens with zero attached hydrogens (tertiary/aromatic N) is 2. The van der Waals surface area contributed by atoms with Crippen molar-refractivity contribution < 1.29 is 9.59 Å². The van der Waals surface area contributed by atoms with E-state index in [-0.39, 0.29) is 12.6 Å². The van der Waals surface area contributed by atoms with Crippen molar-refractivity contribution in [1.29, 1.82) is 0 Å². The summed E-state index contributed by atoms with van der Waals surface area (Å²) >= 11 is 7.55. The lowest BCUT2D eigenvalue weighted by Crippen LogP contribution is -2.39. The molecule has 2 aromatic heterocycles. The first-order valence-electron chi connectivity index (χ1n) is 8.76. The average molecular weight is 417 g/mol. The molecule has 2 N–H and O–H groups in total. The van der Waals surface area contributed by atoms with Crippen LogP contribution in [-0.4, -0.2) is 28.1 Å². The number of carbonyl (C=O) groups excluding carboxylic acids is 2. The molecule has 0 saturated carbocycles. The molecule has 0 radical (unpaired) electrons. The smallest absolute Gasteiger partial charge is 0.313 e. The fourth-order valence-electron chi connectivity index (χ4n) is 2.93. The van der Waals surface area contributed by atoms with Crippen molar-refractivity contribution >= 4 is 40.4 Å². The van der Waals surface area contributed by atoms with Crippen molar-refractivity contribution in [2.24, 2.45) is 0 Å². The molecule has 8 heteroatoms. The number of hydrogen-bond donors (Lipinski definition) is 2. The largest absolute Gasteiger partial charge is 0.345 e. The Kier molecular flexibility index (Phi) is 6.16. The van der Waals surface area contributed by atoms with E-state index in [0.717, 1.165) is 21.8 Å². The van der Waals surface area contributed by atoms with Gasteiger partial charge in [-0.3, -0.25) is 14.3 Å². The maximum atomic E-state index is 12.4. The van der Waals surface area contributed by atoms with Crippen LogP contribution >= 0.6 is 22.9 Å². The van der Waals surface area contributed by atoms with Crippen LogP contribution in [0.3, 0.4) is 0 Å². The molecule has 0 fully saturated rings. The number of aromatic nitrogens is 2. The Hall–Kier alpha value is -2.64. The first kappa shape index (κ1) is 20.1. The van der Waals surface area contributed by atoms with Gasteiger partial charge in [0.05, 0.1) is 5.69 Å². The summed E-state index contributed by atoms with van der Waals surface area (Å²) in [6, 6.07) is 10.9. The second-order valence-electron chi connectivity index (χ2n) is 6.53. The molecule has 3 rings (SSSR count). The standard InChI is InChI=1S/C20H21ClN4O2S/c1-12-6-7-15(21)10-16(12)23-20(27)19(26)22-11-17(18-5-4-8-28-18)25-14(3)9-13(2)24-25/h4-10,17H,11H2,1-3H3,(H,22,26)(H,23,27). The molecular formula is C20H21ClN4O2S. The maximum absolute atomic E-state index is 12.4. The number of thiophene rings is 1. The lowest BCUT2D eigenvalue weighted by atomic mass is 10.2. The molecular weight excluding hydrogens is 396 g/mol. The Balaban J connectivity index is 1.71. The summed E-state index contributed by atoms with van der Waals surface area (Å²) in [5, 5.41) is 12.3. The van der Waals surface area contributed by atoms with Gasteiger partial charge in [0.15, 0.2) is 0 Å². The summed E-state index contributed by atoms with van der Waals surface area (Å²) in [5.41, 5.74) is 3.23. The molecule has 146 valence electrons. The fourth-order valence-corrected chi connectivity index (χ4v) is 3.91. The first-order chi connectivity index (χ1) is 13.3. The highest BCUT2D eigenvalue weighted by molar-refractivity contribution is 7.10. The van der Waals surface area contributed by atoms with Crippen molar-refractivity contribution in [2.75, 3.05) is 11.9 Å². The van der Waals surface area contributed by atoms with Crippen LogP contribution in [0.2, 0.25) is 5.02 Å². The van der Waals surface area contributed by atoms with Gasteiger partial charge in [0.1, 0.15) is 6.04 Å². The zero-order valence-corrected chi connectivity index (χ0v) is 17.4. The van der Waals surface area contributed by atoms with Gasteiger partial charge in [0.25, 0.3) is 0 Å². The van der Waals surface area contributed by atoms with Crippen LogP contribution in [0.1, 0.15) is 27.9 Å². The molecule has 3 aromatic rings. The summed E-state index contributed by atoms with van der Waals surface area (Å²) < 4.78 is 1.88. The number of carbonyl (C=O) groups is 2. The van der Waals surface area contributed by atoms with Gasteiger partial charge in [-0.2, -0.15) is 5.10 Å². The maximum Gasteiger partial charge on any atom is 0.313 e. The molecule has 0 aliphatic carbocycles. The van der Waals surface area contributed by atoms with Gasteiger partial charge in [-0.05, 0) is 56.0 Å². The molecule has 1 atom stereocenters. The van der Waals surface area contributed by atoms with Gasteiger partial charge in [-0.25, -0.2) is 0 Å². The molecule has 0 aliphatic rings. The summed E-state index contributed by atoms with van der Waals surface area (Å²) in [6.45, 7) is 5.98. The van der Waals surface area contributed by atoms with Crippen LogP contribution in [0.25, 0.3) is 0 Å². The highest BCUT2D eigenvalue weighted by Gasteiger charge is 2.21. The van der Waals surface area contributed by atoms with Gasteiger partial charge >= 0.3 is 11.8 Å². The minimum Gasteiger partial charge on any atom is -0.345 e. The minimum atomic E-state index is -0.733. The summed E-state index contributed by atoms with van der Waals surface area (Å²) in [6.07, 6.45) is 0. The van der Waals surface area contributed by atoms with Gasteiger partial charge < -0.3 is 10.6 Å². The summed E-state index contributed by atoms with van der Waals surface area (Å²) in [4.78, 5) is 25.7. The lowest BCUT2D eigenvalue weighted by Gasteiger charge is -2.19. The lowest BCUT2D eigenvalue weighted by molar-refractivity contribution is -0.136. The SMILES string of the molecule is Cc1cc(C)n(C(CNC(=O)C(=O)Nc2cc(Cl)ccc2C)c2cccs2)n1. The Morgan fingerprint density at radius 2 is 1.96 bits per heavy atom. The first-order valence-corrected chi connectivity index (χ1v) is 10.0. The van der Waals surface area contributed by atoms with Crippen molar-refractivity contribution in [3.8, 4) is 0 Å². The predicted molar refractivity (Wildman–Crippen MR) is 112 cm³/mol. The van der Waals surface area contributed by atoms with Crippen LogP contribution in [0.15, 0.2) is 41.8 Å². The second-order valence-corrected chi connectivity index (χ2v) is 7.94. The molecule has 0 bridgehead atoms. The number of nitrogens with one attached hydrogen (secondary N) is 2. The van der Waals surface area contributed by atoms with Crippen LogP contribution in [-0.2, 0) is 9.59 Å². The number of anilines is 1. The Morgan fingerprint density at radius 3 is 2.61 bits per heavy atom. The highest BCUT2D eigenvalue weighted by atomic mass is 35.5. The van der Waals surface area contributed by atoms with E-state index in [1.165, 1.54) is 0 Å². The monoisotopic (exact) mass is 416 g/mol. The molecule has 0 spiro atoms. The Morgan fingerprint density at radius 1 is 1.18 bits per heavy atom. The predicted octanol–water partition coefficient (Wildman–Crippen LogP) is 3.87. The second kappa shape index (κ2) is 8.58. The normalized spacial score (nSPS) is 11.9. The zero-order valence-electron chi connectivity index (χ0n) is 15.8. The van der Waals surface area contributed by atoms with E-state index in [2.05, 4.69) is 15.7 Å². The molecule has 0 saturated heterocycles. The third kappa shape index (κ3) is 4.61. The topological polar surface area (TPSA) is 76.0 Å². The average Bonchev–Trinajstić information content (AvgIpc) is 3.28. The van der Waals surface area contributed by atoms with E-state index in [9.17, 15) is 9.59 Å². The van der Waals surface area contributed by atoms with Crippen molar-refractivity contribution in [3.63, 3.8) is 0 Å². The number of halogens is 1. The molecule has 1 unspecified atom stereocenters. The van der Waals surface area contributed by atoms with Crippen molar-refractivity contribution in [3.05, 3.63) is 68.6 Å². The summed E-state index contributed by atoms with van der Waals surface area (Å²) in [5.74, 6) is -1.44. The van der Waals surface area contributed by atoms with Crippen molar-refractivity contribution in [1.82, 2.24) is 15.1 Å². The zero-order chi connectivity index (χ0) is 20.3. The van der Waals surface area contributed by atoms with Gasteiger partial charge in [-0.15, -0.1) is 11.3 Å². The molecule has 2 heterocycles. The number of benzene rings is 1. The van der Waals surface area contributed by atoms with E-state index >= 15 is 0 Å². The van der Waals surface area contributed by atoms with E-state index in [4.69, 9.17) is 11.6 Å². The van der Waals surface area contributed by atoms with E-state index in [0.29, 0.717) is 10.7 Å². The van der Waals surface area contributed by atoms with Crippen LogP contribution in [0.4, 0.5) is 5.69 Å². The molecule has 1 aromatic carbocycles. The number of rotatable bonds is 5. The molecule has 0 aliphatic heterocycles. The fraction of sp³-hybridized carbons (Fsp3) is 0.250. The van der Waals surface area contributed by atoms with Gasteiger partial charge in [0, 0.05) is 27.8 Å². The number of aryl methyl sites for hydroxylation is 3. The highest BCUT2D eigenvalue weighted by Crippen LogP contribution is 2.24. The van der Waals surface area contributed by atoms with Gasteiger partial charge in [-0.1, -0.05) is 23.7 Å². The number of amides is 2. The molecule has 6 nitrogen and oxygen atoms in total. The quantitative estimate of drug-likeness (QED) is 0.620. The van der Waals surface area contributed by atoms with Crippen molar-refractivity contribution in [2.45, 2.75) is 26.8 Å². The van der Waals surface area contributed by atoms with E-state index in [1.54, 1.807) is 29.5 Å². The number of hydrogen-bond acceptors (Lipinski definition) is 4. The summed E-state index contributed by atoms with van der Waals surface area (Å²) in [7, 11) is 0. The van der Waals surface area contributed by atoms with Crippen LogP contribution in [0, 0.1) is 20.8 Å². The molecule has 2 amide bonds.